The summed E-state index contributed by atoms with van der Waals surface area (Å²) in [5, 5.41) is 10.6. The van der Waals surface area contributed by atoms with E-state index in [0.29, 0.717) is 17.9 Å². The topological polar surface area (TPSA) is 74.1 Å². The summed E-state index contributed by atoms with van der Waals surface area (Å²) in [5.74, 6) is 0.971. The molecule has 24 heavy (non-hydrogen) atoms. The highest BCUT2D eigenvalue weighted by Crippen LogP contribution is 2.30. The van der Waals surface area contributed by atoms with Crippen LogP contribution in [-0.2, 0) is 9.84 Å². The zero-order valence-corrected chi connectivity index (χ0v) is 14.8. The first-order valence-corrected chi connectivity index (χ1v) is 10.2. The van der Waals surface area contributed by atoms with Crippen molar-refractivity contribution < 1.29 is 8.42 Å². The third-order valence-electron chi connectivity index (χ3n) is 4.60. The van der Waals surface area contributed by atoms with Gasteiger partial charge in [0.25, 0.3) is 0 Å². The van der Waals surface area contributed by atoms with E-state index in [9.17, 15) is 13.7 Å². The number of nitriles is 1. The molecule has 0 radical (unpaired) electrons. The SMILES string of the molecule is Cc1c(C#N)c(N2CCCC(CS(C)(=O)=O)C2)nc2ccccc12. The molecule has 0 bridgehead atoms. The summed E-state index contributed by atoms with van der Waals surface area (Å²) in [5.41, 5.74) is 2.39. The van der Waals surface area contributed by atoms with Gasteiger partial charge in [-0.1, -0.05) is 18.2 Å². The first-order valence-electron chi connectivity index (χ1n) is 8.11. The van der Waals surface area contributed by atoms with E-state index in [1.165, 1.54) is 6.26 Å². The van der Waals surface area contributed by atoms with Crippen LogP contribution in [0.25, 0.3) is 10.9 Å². The van der Waals surface area contributed by atoms with Crippen LogP contribution >= 0.6 is 0 Å². The molecule has 1 unspecified atom stereocenters. The lowest BCUT2D eigenvalue weighted by atomic mass is 9.98. The number of para-hydroxylation sites is 1. The lowest BCUT2D eigenvalue weighted by Crippen LogP contribution is -2.39. The highest BCUT2D eigenvalue weighted by Gasteiger charge is 2.26. The molecule has 1 aliphatic rings. The third-order valence-corrected chi connectivity index (χ3v) is 5.68. The molecule has 1 aromatic heterocycles. The number of anilines is 1. The number of aromatic nitrogens is 1. The quantitative estimate of drug-likeness (QED) is 0.856. The molecule has 5 nitrogen and oxygen atoms in total. The van der Waals surface area contributed by atoms with E-state index in [1.54, 1.807) is 0 Å². The summed E-state index contributed by atoms with van der Waals surface area (Å²) >= 11 is 0. The van der Waals surface area contributed by atoms with Crippen LogP contribution in [0.1, 0.15) is 24.0 Å². The molecular formula is C18H21N3O2S. The van der Waals surface area contributed by atoms with Crippen LogP contribution in [0.2, 0.25) is 0 Å². The third kappa shape index (κ3) is 3.36. The molecule has 0 saturated carbocycles. The number of aryl methyl sites for hydroxylation is 1. The van der Waals surface area contributed by atoms with Crippen molar-refractivity contribution in [2.24, 2.45) is 5.92 Å². The van der Waals surface area contributed by atoms with Crippen LogP contribution in [0, 0.1) is 24.2 Å². The van der Waals surface area contributed by atoms with E-state index in [1.807, 2.05) is 31.2 Å². The molecule has 1 aliphatic heterocycles. The lowest BCUT2D eigenvalue weighted by molar-refractivity contribution is 0.442. The van der Waals surface area contributed by atoms with Gasteiger partial charge in [-0.15, -0.1) is 0 Å². The molecular weight excluding hydrogens is 322 g/mol. The van der Waals surface area contributed by atoms with Gasteiger partial charge >= 0.3 is 0 Å². The molecule has 0 N–H and O–H groups in total. The fourth-order valence-corrected chi connectivity index (χ4v) is 4.67. The summed E-state index contributed by atoms with van der Waals surface area (Å²) in [6, 6.07) is 10.1. The summed E-state index contributed by atoms with van der Waals surface area (Å²) in [7, 11) is -3.00. The van der Waals surface area contributed by atoms with E-state index >= 15 is 0 Å². The maximum absolute atomic E-state index is 11.6. The van der Waals surface area contributed by atoms with Crippen LogP contribution in [0.3, 0.4) is 0 Å². The molecule has 2 aromatic rings. The van der Waals surface area contributed by atoms with Gasteiger partial charge in [-0.3, -0.25) is 0 Å². The Bertz CT molecular complexity index is 916. The molecule has 1 aromatic carbocycles. The normalized spacial score (nSPS) is 18.5. The molecule has 0 spiro atoms. The van der Waals surface area contributed by atoms with E-state index < -0.39 is 9.84 Å². The fourth-order valence-electron chi connectivity index (χ4n) is 3.54. The standard InChI is InChI=1S/C18H21N3O2S/c1-13-15-7-3-4-8-17(15)20-18(16(13)10-19)21-9-5-6-14(11-21)12-24(2,22)23/h3-4,7-8,14H,5-6,9,11-12H2,1-2H3. The van der Waals surface area contributed by atoms with Crippen LogP contribution < -0.4 is 4.90 Å². The molecule has 1 fully saturated rings. The van der Waals surface area contributed by atoms with Gasteiger partial charge in [0.05, 0.1) is 16.8 Å². The number of benzene rings is 1. The van der Waals surface area contributed by atoms with Gasteiger partial charge in [0, 0.05) is 24.7 Å². The van der Waals surface area contributed by atoms with Gasteiger partial charge in [0.1, 0.15) is 21.7 Å². The highest BCUT2D eigenvalue weighted by molar-refractivity contribution is 7.90. The van der Waals surface area contributed by atoms with Crippen molar-refractivity contribution in [3.8, 4) is 6.07 Å². The van der Waals surface area contributed by atoms with Gasteiger partial charge in [0.15, 0.2) is 0 Å². The smallest absolute Gasteiger partial charge is 0.147 e. The Morgan fingerprint density at radius 1 is 1.38 bits per heavy atom. The van der Waals surface area contributed by atoms with Crippen molar-refractivity contribution in [1.82, 2.24) is 4.98 Å². The molecule has 1 saturated heterocycles. The van der Waals surface area contributed by atoms with Crippen molar-refractivity contribution in [3.05, 3.63) is 35.4 Å². The number of rotatable bonds is 3. The Balaban J connectivity index is 2.01. The maximum atomic E-state index is 11.6. The van der Waals surface area contributed by atoms with E-state index in [0.717, 1.165) is 35.9 Å². The number of hydrogen-bond donors (Lipinski definition) is 0. The number of hydrogen-bond acceptors (Lipinski definition) is 5. The van der Waals surface area contributed by atoms with E-state index in [4.69, 9.17) is 4.98 Å². The zero-order chi connectivity index (χ0) is 17.3. The Labute approximate surface area is 142 Å². The second-order valence-corrected chi connectivity index (χ2v) is 8.80. The zero-order valence-electron chi connectivity index (χ0n) is 14.0. The average molecular weight is 343 g/mol. The molecule has 0 amide bonds. The number of fused-ring (bicyclic) bond motifs is 1. The predicted octanol–water partition coefficient (Wildman–Crippen LogP) is 2.68. The van der Waals surface area contributed by atoms with Crippen LogP contribution in [0.15, 0.2) is 24.3 Å². The van der Waals surface area contributed by atoms with Crippen molar-refractivity contribution in [1.29, 1.82) is 5.26 Å². The molecule has 2 heterocycles. The largest absolute Gasteiger partial charge is 0.355 e. The Morgan fingerprint density at radius 2 is 2.12 bits per heavy atom. The van der Waals surface area contributed by atoms with Gasteiger partial charge in [-0.25, -0.2) is 13.4 Å². The molecule has 3 rings (SSSR count). The minimum atomic E-state index is -3.00. The minimum Gasteiger partial charge on any atom is -0.355 e. The number of sulfone groups is 1. The number of pyridine rings is 1. The van der Waals surface area contributed by atoms with Crippen molar-refractivity contribution in [2.45, 2.75) is 19.8 Å². The van der Waals surface area contributed by atoms with Gasteiger partial charge in [0.2, 0.25) is 0 Å². The van der Waals surface area contributed by atoms with Crippen LogP contribution in [0.5, 0.6) is 0 Å². The first-order chi connectivity index (χ1) is 11.4. The summed E-state index contributed by atoms with van der Waals surface area (Å²) in [6.45, 7) is 3.39. The van der Waals surface area contributed by atoms with Gasteiger partial charge in [-0.05, 0) is 37.3 Å². The number of piperidine rings is 1. The molecule has 126 valence electrons. The molecule has 1 atom stereocenters. The molecule has 0 aliphatic carbocycles. The summed E-state index contributed by atoms with van der Waals surface area (Å²) < 4.78 is 23.2. The Morgan fingerprint density at radius 3 is 2.83 bits per heavy atom. The number of nitrogens with zero attached hydrogens (tertiary/aromatic N) is 3. The minimum absolute atomic E-state index is 0.0915. The van der Waals surface area contributed by atoms with E-state index in [-0.39, 0.29) is 11.7 Å². The Kier molecular flexibility index (Phi) is 4.46. The van der Waals surface area contributed by atoms with Crippen LogP contribution in [-0.4, -0.2) is 38.5 Å². The van der Waals surface area contributed by atoms with Crippen molar-refractivity contribution in [2.75, 3.05) is 30.0 Å². The van der Waals surface area contributed by atoms with Crippen molar-refractivity contribution >= 4 is 26.6 Å². The predicted molar refractivity (Wildman–Crippen MR) is 95.8 cm³/mol. The second-order valence-electron chi connectivity index (χ2n) is 6.61. The Hall–Kier alpha value is -2.13. The molecule has 6 heteroatoms. The first kappa shape index (κ1) is 16.7. The van der Waals surface area contributed by atoms with Crippen LogP contribution in [0.4, 0.5) is 5.82 Å². The van der Waals surface area contributed by atoms with Gasteiger partial charge in [-0.2, -0.15) is 5.26 Å². The average Bonchev–Trinajstić information content (AvgIpc) is 2.53. The maximum Gasteiger partial charge on any atom is 0.147 e. The highest BCUT2D eigenvalue weighted by atomic mass is 32.2. The van der Waals surface area contributed by atoms with Crippen molar-refractivity contribution in [3.63, 3.8) is 0 Å². The fraction of sp³-hybridized carbons (Fsp3) is 0.444. The monoisotopic (exact) mass is 343 g/mol. The van der Waals surface area contributed by atoms with E-state index in [2.05, 4.69) is 11.0 Å². The summed E-state index contributed by atoms with van der Waals surface area (Å²) in [6.07, 6.45) is 3.10. The summed E-state index contributed by atoms with van der Waals surface area (Å²) in [4.78, 5) is 6.80. The van der Waals surface area contributed by atoms with Gasteiger partial charge < -0.3 is 4.90 Å². The second kappa shape index (κ2) is 6.40. The lowest BCUT2D eigenvalue weighted by Gasteiger charge is -2.34.